The summed E-state index contributed by atoms with van der Waals surface area (Å²) >= 11 is 0. The third-order valence-electron chi connectivity index (χ3n) is 16.6. The van der Waals surface area contributed by atoms with Gasteiger partial charge >= 0.3 is 31.4 Å². The van der Waals surface area contributed by atoms with Gasteiger partial charge < -0.3 is 29.3 Å². The molecule has 0 fully saturated rings. The Balaban J connectivity index is -0.00000148. The van der Waals surface area contributed by atoms with Crippen LogP contribution in [0.2, 0.25) is 0 Å². The molecule has 2 atom stereocenters. The maximum absolute atomic E-state index is 12.5. The number of ether oxygens (including phenoxy) is 2. The molecule has 0 aromatic carbocycles. The van der Waals surface area contributed by atoms with E-state index in [-0.39, 0.29) is 56.5 Å². The van der Waals surface area contributed by atoms with E-state index in [1.54, 1.807) is 0 Å². The van der Waals surface area contributed by atoms with Crippen LogP contribution in [0, 0.1) is 0 Å². The van der Waals surface area contributed by atoms with Gasteiger partial charge in [0.2, 0.25) is 0 Å². The molecule has 0 radical (unpaired) electrons. The summed E-state index contributed by atoms with van der Waals surface area (Å²) in [6, 6.07) is 0. The van der Waals surface area contributed by atoms with Gasteiger partial charge in [-0.1, -0.05) is 323 Å². The molecule has 8 nitrogen and oxygen atoms in total. The minimum absolute atomic E-state index is 0. The zero-order chi connectivity index (χ0) is 58.7. The summed E-state index contributed by atoms with van der Waals surface area (Å²) in [7, 11) is 0. The summed E-state index contributed by atoms with van der Waals surface area (Å²) in [5.41, 5.74) is 0. The number of aliphatic carboxylic acids is 2. The van der Waals surface area contributed by atoms with E-state index in [0.717, 1.165) is 103 Å². The smallest absolute Gasteiger partial charge is 0.550 e. The average Bonchev–Trinajstić information content (AvgIpc) is 3.43. The van der Waals surface area contributed by atoms with Gasteiger partial charge in [-0.2, -0.15) is 0 Å². The standard InChI is InChI=1S/2C36H70O4.Zn/c2*1-3-5-7-9-11-13-14-15-16-17-18-19-21-23-29-33-36(39)40-34(31-27-24-25-28-32-35(37)38)30-26-22-20-12-10-8-6-4-2;/h2*34H,3-33H2,1-2H3,(H,37,38);/q;;+2/p-2. The molecule has 0 aliphatic carbocycles. The Morgan fingerprint density at radius 2 is 0.383 bits per heavy atom. The molecule has 0 aliphatic heterocycles. The van der Waals surface area contributed by atoms with Gasteiger partial charge in [-0.25, -0.2) is 0 Å². The fourth-order valence-electron chi connectivity index (χ4n) is 11.3. The second kappa shape index (κ2) is 72.8. The van der Waals surface area contributed by atoms with Crippen LogP contribution in [-0.4, -0.2) is 36.1 Å². The summed E-state index contributed by atoms with van der Waals surface area (Å²) in [4.78, 5) is 46.3. The maximum atomic E-state index is 12.5. The predicted molar refractivity (Wildman–Crippen MR) is 339 cm³/mol. The van der Waals surface area contributed by atoms with E-state index in [0.29, 0.717) is 25.7 Å². The molecule has 0 bridgehead atoms. The van der Waals surface area contributed by atoms with Crippen molar-refractivity contribution in [2.45, 2.75) is 438 Å². The minimum atomic E-state index is -0.958. The Kier molecular flexibility index (Phi) is 75.2. The zero-order valence-corrected chi connectivity index (χ0v) is 57.9. The molecule has 0 aliphatic rings. The van der Waals surface area contributed by atoms with Crippen molar-refractivity contribution in [3.63, 3.8) is 0 Å². The Morgan fingerprint density at radius 3 is 0.556 bits per heavy atom. The van der Waals surface area contributed by atoms with Crippen LogP contribution in [0.15, 0.2) is 0 Å². The molecule has 0 N–H and O–H groups in total. The fraction of sp³-hybridized carbons (Fsp3) is 0.944. The van der Waals surface area contributed by atoms with Crippen molar-refractivity contribution in [3.8, 4) is 0 Å². The number of hydrogen-bond donors (Lipinski definition) is 0. The number of carbonyl (C=O) groups is 4. The molecular formula is C72H138O8Zn. The monoisotopic (exact) mass is 1190 g/mol. The SMILES string of the molecule is CCCCCCCCCCCCCCCCCC(=O)OC(CCCCCCCCCC)CCCCCCC(=O)[O-].CCCCCCCCCCCCCCCCCC(=O)OC(CCCCCCCCCC)CCCCCCC(=O)[O-].[Zn+2]. The van der Waals surface area contributed by atoms with Crippen LogP contribution in [0.4, 0.5) is 0 Å². The van der Waals surface area contributed by atoms with Crippen LogP contribution < -0.4 is 10.2 Å². The number of rotatable bonds is 66. The van der Waals surface area contributed by atoms with Crippen molar-refractivity contribution in [2.24, 2.45) is 0 Å². The Bertz CT molecular complexity index is 1170. The van der Waals surface area contributed by atoms with Gasteiger partial charge in [-0.3, -0.25) is 9.59 Å². The van der Waals surface area contributed by atoms with Crippen LogP contribution in [-0.2, 0) is 48.1 Å². The molecule has 0 rings (SSSR count). The minimum Gasteiger partial charge on any atom is -0.550 e. The molecule has 0 saturated heterocycles. The van der Waals surface area contributed by atoms with Crippen LogP contribution in [0.25, 0.3) is 0 Å². The quantitative estimate of drug-likeness (QED) is 0.0334. The summed E-state index contributed by atoms with van der Waals surface area (Å²) in [5, 5.41) is 21.2. The normalized spacial score (nSPS) is 11.9. The Morgan fingerprint density at radius 1 is 0.235 bits per heavy atom. The van der Waals surface area contributed by atoms with Gasteiger partial charge in [-0.15, -0.1) is 0 Å². The topological polar surface area (TPSA) is 133 Å². The van der Waals surface area contributed by atoms with Gasteiger partial charge in [0.1, 0.15) is 12.2 Å². The van der Waals surface area contributed by atoms with Crippen molar-refractivity contribution in [1.82, 2.24) is 0 Å². The Hall–Kier alpha value is -1.50. The Labute approximate surface area is 517 Å². The molecule has 0 aromatic rings. The molecule has 0 amide bonds. The van der Waals surface area contributed by atoms with Gasteiger partial charge in [-0.05, 0) is 89.9 Å². The van der Waals surface area contributed by atoms with E-state index >= 15 is 0 Å². The largest absolute Gasteiger partial charge is 2.00 e. The van der Waals surface area contributed by atoms with Gasteiger partial charge in [0.15, 0.2) is 0 Å². The molecule has 0 saturated carbocycles. The van der Waals surface area contributed by atoms with Crippen molar-refractivity contribution in [2.75, 3.05) is 0 Å². The third kappa shape index (κ3) is 74.6. The van der Waals surface area contributed by atoms with Crippen molar-refractivity contribution < 1.29 is 58.3 Å². The number of esters is 2. The molecule has 0 heterocycles. The molecule has 81 heavy (non-hydrogen) atoms. The number of carboxylic acids is 2. The van der Waals surface area contributed by atoms with E-state index in [9.17, 15) is 29.4 Å². The zero-order valence-electron chi connectivity index (χ0n) is 55.0. The number of carbonyl (C=O) groups excluding carboxylic acids is 4. The van der Waals surface area contributed by atoms with E-state index in [4.69, 9.17) is 9.47 Å². The first kappa shape index (κ1) is 83.7. The first-order valence-electron chi connectivity index (χ1n) is 36.0. The van der Waals surface area contributed by atoms with E-state index in [2.05, 4.69) is 27.7 Å². The fourth-order valence-corrected chi connectivity index (χ4v) is 11.3. The first-order valence-corrected chi connectivity index (χ1v) is 36.0. The maximum Gasteiger partial charge on any atom is 2.00 e. The number of hydrogen-bond acceptors (Lipinski definition) is 8. The molecule has 2 unspecified atom stereocenters. The summed E-state index contributed by atoms with van der Waals surface area (Å²) in [5.74, 6) is -1.95. The summed E-state index contributed by atoms with van der Waals surface area (Å²) in [6.07, 6.45) is 72.9. The van der Waals surface area contributed by atoms with Gasteiger partial charge in [0.05, 0.1) is 0 Å². The first-order chi connectivity index (χ1) is 39.2. The average molecular weight is 1200 g/mol. The summed E-state index contributed by atoms with van der Waals surface area (Å²) < 4.78 is 11.9. The van der Waals surface area contributed by atoms with E-state index in [1.807, 2.05) is 0 Å². The predicted octanol–water partition coefficient (Wildman–Crippen LogP) is 21.6. The van der Waals surface area contributed by atoms with Crippen LogP contribution in [0.5, 0.6) is 0 Å². The van der Waals surface area contributed by atoms with Crippen LogP contribution in [0.3, 0.4) is 0 Å². The van der Waals surface area contributed by atoms with E-state index in [1.165, 1.54) is 257 Å². The van der Waals surface area contributed by atoms with Gasteiger partial charge in [0, 0.05) is 24.8 Å². The second-order valence-electron chi connectivity index (χ2n) is 24.8. The molecule has 476 valence electrons. The second-order valence-corrected chi connectivity index (χ2v) is 24.8. The molecule has 0 spiro atoms. The summed E-state index contributed by atoms with van der Waals surface area (Å²) in [6.45, 7) is 9.07. The molecule has 9 heteroatoms. The van der Waals surface area contributed by atoms with Gasteiger partial charge in [0.25, 0.3) is 0 Å². The molecule has 0 aromatic heterocycles. The van der Waals surface area contributed by atoms with E-state index < -0.39 is 11.9 Å². The van der Waals surface area contributed by atoms with Crippen molar-refractivity contribution in [1.29, 1.82) is 0 Å². The molecular weight excluding hydrogens is 1060 g/mol. The van der Waals surface area contributed by atoms with Crippen molar-refractivity contribution >= 4 is 23.9 Å². The third-order valence-corrected chi connectivity index (χ3v) is 16.6. The number of carboxylic acid groups (broad SMARTS) is 2. The number of unbranched alkanes of at least 4 members (excludes halogenated alkanes) is 48. The van der Waals surface area contributed by atoms with Crippen LogP contribution >= 0.6 is 0 Å². The van der Waals surface area contributed by atoms with Crippen molar-refractivity contribution in [3.05, 3.63) is 0 Å². The van der Waals surface area contributed by atoms with Crippen LogP contribution in [0.1, 0.15) is 426 Å².